The van der Waals surface area contributed by atoms with E-state index in [9.17, 15) is 8.78 Å². The zero-order valence-corrected chi connectivity index (χ0v) is 12.7. The van der Waals surface area contributed by atoms with Crippen LogP contribution in [0.15, 0.2) is 24.3 Å². The Bertz CT molecular complexity index is 608. The minimum atomic E-state index is -0.804. The molecule has 0 amide bonds. The Hall–Kier alpha value is -1.75. The van der Waals surface area contributed by atoms with Crippen molar-refractivity contribution in [3.8, 4) is 0 Å². The predicted octanol–water partition coefficient (Wildman–Crippen LogP) is 3.15. The molecule has 1 atom stereocenters. The monoisotopic (exact) mass is 293 g/mol. The maximum Gasteiger partial charge on any atom is 0.162 e. The fourth-order valence-corrected chi connectivity index (χ4v) is 2.50. The minimum Gasteiger partial charge on any atom is -0.309 e. The topological polar surface area (TPSA) is 29.9 Å². The van der Waals surface area contributed by atoms with Crippen molar-refractivity contribution in [2.45, 2.75) is 32.7 Å². The number of benzene rings is 1. The van der Waals surface area contributed by atoms with Crippen LogP contribution in [0.1, 0.15) is 36.8 Å². The summed E-state index contributed by atoms with van der Waals surface area (Å²) in [5.41, 5.74) is 2.35. The van der Waals surface area contributed by atoms with Gasteiger partial charge in [0.05, 0.1) is 17.4 Å². The summed E-state index contributed by atoms with van der Waals surface area (Å²) in [6.45, 7) is 4.78. The molecule has 1 unspecified atom stereocenters. The lowest BCUT2D eigenvalue weighted by molar-refractivity contribution is 0.469. The summed E-state index contributed by atoms with van der Waals surface area (Å²) in [5.74, 6) is -1.57. The zero-order valence-electron chi connectivity index (χ0n) is 12.7. The average molecular weight is 293 g/mol. The molecule has 21 heavy (non-hydrogen) atoms. The van der Waals surface area contributed by atoms with Gasteiger partial charge >= 0.3 is 0 Å². The smallest absolute Gasteiger partial charge is 0.162 e. The molecule has 5 heteroatoms. The minimum absolute atomic E-state index is 0.0934. The van der Waals surface area contributed by atoms with Crippen molar-refractivity contribution < 1.29 is 8.78 Å². The largest absolute Gasteiger partial charge is 0.309 e. The highest BCUT2D eigenvalue weighted by molar-refractivity contribution is 5.23. The summed E-state index contributed by atoms with van der Waals surface area (Å²) >= 11 is 0. The summed E-state index contributed by atoms with van der Waals surface area (Å²) in [6, 6.07) is 6.23. The van der Waals surface area contributed by atoms with Crippen molar-refractivity contribution in [2.24, 2.45) is 7.05 Å². The Balaban J connectivity index is 2.30. The first-order valence-electron chi connectivity index (χ1n) is 7.25. The van der Waals surface area contributed by atoms with Gasteiger partial charge < -0.3 is 5.32 Å². The average Bonchev–Trinajstić information content (AvgIpc) is 2.84. The summed E-state index contributed by atoms with van der Waals surface area (Å²) in [5, 5.41) is 7.75. The molecule has 1 aromatic carbocycles. The molecule has 2 aromatic rings. The number of halogens is 2. The van der Waals surface area contributed by atoms with Crippen molar-refractivity contribution in [3.63, 3.8) is 0 Å². The van der Waals surface area contributed by atoms with Crippen LogP contribution in [0.3, 0.4) is 0 Å². The van der Waals surface area contributed by atoms with Gasteiger partial charge in [0, 0.05) is 7.05 Å². The van der Waals surface area contributed by atoms with Gasteiger partial charge in [-0.25, -0.2) is 8.78 Å². The molecule has 3 nitrogen and oxygen atoms in total. The number of hydrogen-bond acceptors (Lipinski definition) is 2. The van der Waals surface area contributed by atoms with Crippen molar-refractivity contribution >= 4 is 0 Å². The van der Waals surface area contributed by atoms with Crippen LogP contribution in [-0.4, -0.2) is 16.3 Å². The maximum atomic E-state index is 13.9. The van der Waals surface area contributed by atoms with E-state index in [1.807, 2.05) is 31.6 Å². The second kappa shape index (κ2) is 6.80. The number of aromatic nitrogens is 2. The highest BCUT2D eigenvalue weighted by Crippen LogP contribution is 2.22. The Morgan fingerprint density at radius 3 is 2.67 bits per heavy atom. The lowest BCUT2D eigenvalue weighted by atomic mass is 10.0. The first-order chi connectivity index (χ1) is 10.1. The quantitative estimate of drug-likeness (QED) is 0.886. The first kappa shape index (κ1) is 15.6. The molecule has 0 spiro atoms. The lowest BCUT2D eigenvalue weighted by Gasteiger charge is -2.18. The van der Waals surface area contributed by atoms with Crippen LogP contribution >= 0.6 is 0 Å². The Kier molecular flexibility index (Phi) is 5.07. The molecule has 0 aliphatic heterocycles. The third-order valence-corrected chi connectivity index (χ3v) is 3.59. The van der Waals surface area contributed by atoms with E-state index in [0.29, 0.717) is 12.0 Å². The van der Waals surface area contributed by atoms with Crippen LogP contribution in [0.25, 0.3) is 0 Å². The molecule has 0 saturated carbocycles. The molecule has 0 fully saturated rings. The van der Waals surface area contributed by atoms with E-state index in [1.165, 1.54) is 6.07 Å². The predicted molar refractivity (Wildman–Crippen MR) is 79.1 cm³/mol. The van der Waals surface area contributed by atoms with Gasteiger partial charge in [0.15, 0.2) is 11.6 Å². The van der Waals surface area contributed by atoms with E-state index in [1.54, 1.807) is 6.07 Å². The molecule has 1 aromatic heterocycles. The molecular formula is C16H21F2N3. The van der Waals surface area contributed by atoms with Crippen LogP contribution < -0.4 is 5.32 Å². The maximum absolute atomic E-state index is 13.9. The van der Waals surface area contributed by atoms with E-state index in [0.717, 1.165) is 30.4 Å². The van der Waals surface area contributed by atoms with Crippen LogP contribution in [0.2, 0.25) is 0 Å². The van der Waals surface area contributed by atoms with Crippen LogP contribution in [-0.2, 0) is 19.9 Å². The fraction of sp³-hybridized carbons (Fsp3) is 0.438. The number of rotatable bonds is 6. The van der Waals surface area contributed by atoms with Crippen molar-refractivity contribution in [2.75, 3.05) is 6.54 Å². The molecule has 2 rings (SSSR count). The summed E-state index contributed by atoms with van der Waals surface area (Å²) < 4.78 is 29.0. The number of nitrogens with one attached hydrogen (secondary N) is 1. The van der Waals surface area contributed by atoms with Gasteiger partial charge in [-0.2, -0.15) is 5.10 Å². The number of likely N-dealkylation sites (N-methyl/N-ethyl adjacent to an activating group) is 1. The van der Waals surface area contributed by atoms with Gasteiger partial charge in [0.1, 0.15) is 0 Å². The van der Waals surface area contributed by atoms with Gasteiger partial charge in [0.25, 0.3) is 0 Å². The first-order valence-corrected chi connectivity index (χ1v) is 7.25. The second-order valence-corrected chi connectivity index (χ2v) is 5.07. The molecule has 0 aliphatic carbocycles. The number of hydrogen-bond donors (Lipinski definition) is 1. The van der Waals surface area contributed by atoms with E-state index < -0.39 is 11.6 Å². The summed E-state index contributed by atoms with van der Waals surface area (Å²) in [4.78, 5) is 0. The van der Waals surface area contributed by atoms with Crippen molar-refractivity contribution in [1.82, 2.24) is 15.1 Å². The van der Waals surface area contributed by atoms with Gasteiger partial charge in [-0.1, -0.05) is 26.0 Å². The molecular weight excluding hydrogens is 272 g/mol. The van der Waals surface area contributed by atoms with Crippen LogP contribution in [0.5, 0.6) is 0 Å². The van der Waals surface area contributed by atoms with Crippen LogP contribution in [0.4, 0.5) is 8.78 Å². The molecule has 1 heterocycles. The third kappa shape index (κ3) is 3.47. The van der Waals surface area contributed by atoms with Gasteiger partial charge in [-0.3, -0.25) is 4.68 Å². The third-order valence-electron chi connectivity index (χ3n) is 3.59. The fourth-order valence-electron chi connectivity index (χ4n) is 2.50. The molecule has 1 N–H and O–H groups in total. The Morgan fingerprint density at radius 2 is 2.05 bits per heavy atom. The van der Waals surface area contributed by atoms with Gasteiger partial charge in [-0.05, 0) is 37.1 Å². The highest BCUT2D eigenvalue weighted by atomic mass is 19.2. The molecule has 0 radical (unpaired) electrons. The summed E-state index contributed by atoms with van der Waals surface area (Å²) in [7, 11) is 1.88. The van der Waals surface area contributed by atoms with Crippen molar-refractivity contribution in [1.29, 1.82) is 0 Å². The molecule has 0 saturated heterocycles. The van der Waals surface area contributed by atoms with E-state index in [2.05, 4.69) is 10.4 Å². The zero-order chi connectivity index (χ0) is 15.4. The van der Waals surface area contributed by atoms with E-state index in [4.69, 9.17) is 0 Å². The van der Waals surface area contributed by atoms with Crippen molar-refractivity contribution in [3.05, 3.63) is 52.9 Å². The van der Waals surface area contributed by atoms with Gasteiger partial charge in [0.2, 0.25) is 0 Å². The van der Waals surface area contributed by atoms with E-state index >= 15 is 0 Å². The lowest BCUT2D eigenvalue weighted by Crippen LogP contribution is -2.25. The standard InChI is InChI=1S/C16H21F2N3/c1-4-12-10-15(21(3)20-12)14(19-5-2)9-11-7-6-8-13(17)16(11)18/h6-8,10,14,19H,4-5,9H2,1-3H3. The number of aryl methyl sites for hydroxylation is 2. The van der Waals surface area contributed by atoms with Gasteiger partial charge in [-0.15, -0.1) is 0 Å². The second-order valence-electron chi connectivity index (χ2n) is 5.07. The SMILES string of the molecule is CCNC(Cc1cccc(F)c1F)c1cc(CC)nn1C. The Morgan fingerprint density at radius 1 is 1.29 bits per heavy atom. The molecule has 0 bridgehead atoms. The summed E-state index contributed by atoms with van der Waals surface area (Å²) in [6.07, 6.45) is 1.24. The molecule has 114 valence electrons. The highest BCUT2D eigenvalue weighted by Gasteiger charge is 2.19. The Labute approximate surface area is 124 Å². The van der Waals surface area contributed by atoms with E-state index in [-0.39, 0.29) is 6.04 Å². The normalized spacial score (nSPS) is 12.6. The number of nitrogens with zero attached hydrogens (tertiary/aromatic N) is 2. The van der Waals surface area contributed by atoms with Crippen LogP contribution in [0, 0.1) is 11.6 Å². The molecule has 0 aliphatic rings.